The van der Waals surface area contributed by atoms with Gasteiger partial charge in [0.05, 0.1) is 12.7 Å². The van der Waals surface area contributed by atoms with Crippen molar-refractivity contribution in [1.82, 2.24) is 0 Å². The standard InChI is InChI=1S/C20H40O3/c1-3-5-6-7-8-9-10-11-13-16-19(21)17-14-12-15-18-20(22)23-4-2/h19,21H,3-18H2,1-2H3. The summed E-state index contributed by atoms with van der Waals surface area (Å²) in [5.74, 6) is -0.0947. The molecular formula is C20H40O3. The number of aliphatic hydroxyl groups excluding tert-OH is 1. The monoisotopic (exact) mass is 328 g/mol. The van der Waals surface area contributed by atoms with E-state index in [2.05, 4.69) is 6.92 Å². The molecule has 138 valence electrons. The maximum atomic E-state index is 11.2. The summed E-state index contributed by atoms with van der Waals surface area (Å²) in [5, 5.41) is 9.95. The third kappa shape index (κ3) is 17.6. The number of rotatable bonds is 17. The zero-order valence-electron chi connectivity index (χ0n) is 15.7. The average Bonchev–Trinajstić information content (AvgIpc) is 2.53. The van der Waals surface area contributed by atoms with Crippen molar-refractivity contribution in [3.05, 3.63) is 0 Å². The van der Waals surface area contributed by atoms with Gasteiger partial charge in [-0.25, -0.2) is 0 Å². The van der Waals surface area contributed by atoms with Gasteiger partial charge in [-0.05, 0) is 26.2 Å². The lowest BCUT2D eigenvalue weighted by Crippen LogP contribution is -2.06. The zero-order chi connectivity index (χ0) is 17.2. The molecule has 0 aliphatic rings. The molecule has 0 fully saturated rings. The Labute approximate surface area is 144 Å². The van der Waals surface area contributed by atoms with Gasteiger partial charge in [0.1, 0.15) is 0 Å². The van der Waals surface area contributed by atoms with Crippen LogP contribution in [0.4, 0.5) is 0 Å². The highest BCUT2D eigenvalue weighted by molar-refractivity contribution is 5.69. The minimum atomic E-state index is -0.151. The minimum Gasteiger partial charge on any atom is -0.466 e. The lowest BCUT2D eigenvalue weighted by Gasteiger charge is -2.10. The van der Waals surface area contributed by atoms with Crippen LogP contribution in [0.5, 0.6) is 0 Å². The highest BCUT2D eigenvalue weighted by Gasteiger charge is 2.05. The van der Waals surface area contributed by atoms with Gasteiger partial charge in [-0.15, -0.1) is 0 Å². The molecule has 1 unspecified atom stereocenters. The molecule has 0 bridgehead atoms. The van der Waals surface area contributed by atoms with Crippen LogP contribution in [0.3, 0.4) is 0 Å². The van der Waals surface area contributed by atoms with E-state index >= 15 is 0 Å². The van der Waals surface area contributed by atoms with E-state index < -0.39 is 0 Å². The summed E-state index contributed by atoms with van der Waals surface area (Å²) in [6, 6.07) is 0. The van der Waals surface area contributed by atoms with Crippen LogP contribution in [0.25, 0.3) is 0 Å². The van der Waals surface area contributed by atoms with E-state index in [9.17, 15) is 9.90 Å². The van der Waals surface area contributed by atoms with Crippen LogP contribution in [0, 0.1) is 0 Å². The third-order valence-corrected chi connectivity index (χ3v) is 4.36. The largest absolute Gasteiger partial charge is 0.466 e. The van der Waals surface area contributed by atoms with E-state index in [1.165, 1.54) is 51.4 Å². The first-order chi connectivity index (χ1) is 11.2. The van der Waals surface area contributed by atoms with Crippen LogP contribution >= 0.6 is 0 Å². The first-order valence-corrected chi connectivity index (χ1v) is 10.0. The molecule has 1 N–H and O–H groups in total. The summed E-state index contributed by atoms with van der Waals surface area (Å²) in [6.07, 6.45) is 17.0. The Hall–Kier alpha value is -0.570. The summed E-state index contributed by atoms with van der Waals surface area (Å²) in [4.78, 5) is 11.2. The Morgan fingerprint density at radius 2 is 1.26 bits per heavy atom. The summed E-state index contributed by atoms with van der Waals surface area (Å²) in [5.41, 5.74) is 0. The van der Waals surface area contributed by atoms with Crippen molar-refractivity contribution < 1.29 is 14.6 Å². The molecule has 0 saturated carbocycles. The maximum Gasteiger partial charge on any atom is 0.305 e. The number of unbranched alkanes of at least 4 members (excludes halogenated alkanes) is 10. The van der Waals surface area contributed by atoms with Crippen molar-refractivity contribution in [2.45, 2.75) is 116 Å². The van der Waals surface area contributed by atoms with Crippen molar-refractivity contribution in [3.8, 4) is 0 Å². The first kappa shape index (κ1) is 22.4. The van der Waals surface area contributed by atoms with Crippen LogP contribution < -0.4 is 0 Å². The molecule has 0 spiro atoms. The van der Waals surface area contributed by atoms with Crippen molar-refractivity contribution in [2.75, 3.05) is 6.61 Å². The lowest BCUT2D eigenvalue weighted by atomic mass is 10.0. The van der Waals surface area contributed by atoms with E-state index in [0.29, 0.717) is 13.0 Å². The van der Waals surface area contributed by atoms with Crippen LogP contribution in [0.15, 0.2) is 0 Å². The fourth-order valence-corrected chi connectivity index (χ4v) is 2.89. The van der Waals surface area contributed by atoms with Crippen LogP contribution in [-0.4, -0.2) is 23.8 Å². The molecule has 0 aromatic heterocycles. The highest BCUT2D eigenvalue weighted by atomic mass is 16.5. The molecule has 0 aromatic carbocycles. The van der Waals surface area contributed by atoms with Gasteiger partial charge < -0.3 is 9.84 Å². The second kappa shape index (κ2) is 17.8. The normalized spacial score (nSPS) is 12.3. The fraction of sp³-hybridized carbons (Fsp3) is 0.950. The van der Waals surface area contributed by atoms with E-state index in [-0.39, 0.29) is 12.1 Å². The molecule has 0 aliphatic carbocycles. The topological polar surface area (TPSA) is 46.5 Å². The smallest absolute Gasteiger partial charge is 0.305 e. The summed E-state index contributed by atoms with van der Waals surface area (Å²) < 4.78 is 4.89. The number of aliphatic hydroxyl groups is 1. The molecule has 23 heavy (non-hydrogen) atoms. The second-order valence-corrected chi connectivity index (χ2v) is 6.68. The van der Waals surface area contributed by atoms with Gasteiger partial charge in [0.15, 0.2) is 0 Å². The minimum absolute atomic E-state index is 0.0947. The summed E-state index contributed by atoms with van der Waals surface area (Å²) in [6.45, 7) is 4.56. The van der Waals surface area contributed by atoms with Crippen molar-refractivity contribution >= 4 is 5.97 Å². The van der Waals surface area contributed by atoms with Crippen molar-refractivity contribution in [2.24, 2.45) is 0 Å². The number of carbonyl (C=O) groups is 1. The van der Waals surface area contributed by atoms with E-state index in [1.54, 1.807) is 0 Å². The number of esters is 1. The van der Waals surface area contributed by atoms with E-state index in [4.69, 9.17) is 4.74 Å². The van der Waals surface area contributed by atoms with Crippen molar-refractivity contribution in [3.63, 3.8) is 0 Å². The predicted octanol–water partition coefficient (Wildman–Crippen LogP) is 5.78. The molecule has 1 atom stereocenters. The quantitative estimate of drug-likeness (QED) is 0.272. The van der Waals surface area contributed by atoms with Crippen LogP contribution in [-0.2, 0) is 9.53 Å². The van der Waals surface area contributed by atoms with Gasteiger partial charge in [0.25, 0.3) is 0 Å². The number of hydrogen-bond acceptors (Lipinski definition) is 3. The molecule has 0 rings (SSSR count). The summed E-state index contributed by atoms with van der Waals surface area (Å²) in [7, 11) is 0. The van der Waals surface area contributed by atoms with E-state index in [0.717, 1.165) is 38.5 Å². The van der Waals surface area contributed by atoms with Gasteiger partial charge in [-0.2, -0.15) is 0 Å². The Bertz CT molecular complexity index is 253. The van der Waals surface area contributed by atoms with Gasteiger partial charge in [-0.1, -0.05) is 77.6 Å². The molecule has 0 radical (unpaired) electrons. The SMILES string of the molecule is CCCCCCCCCCCC(O)CCCCCC(=O)OCC. The fourth-order valence-electron chi connectivity index (χ4n) is 2.89. The van der Waals surface area contributed by atoms with Crippen molar-refractivity contribution in [1.29, 1.82) is 0 Å². The van der Waals surface area contributed by atoms with Gasteiger partial charge in [0.2, 0.25) is 0 Å². The maximum absolute atomic E-state index is 11.2. The zero-order valence-corrected chi connectivity index (χ0v) is 15.7. The lowest BCUT2D eigenvalue weighted by molar-refractivity contribution is -0.143. The van der Waals surface area contributed by atoms with Crippen LogP contribution in [0.1, 0.15) is 110 Å². The van der Waals surface area contributed by atoms with E-state index in [1.807, 2.05) is 6.92 Å². The Morgan fingerprint density at radius 1 is 0.783 bits per heavy atom. The Kier molecular flexibility index (Phi) is 17.3. The van der Waals surface area contributed by atoms with Gasteiger partial charge in [0, 0.05) is 6.42 Å². The first-order valence-electron chi connectivity index (χ1n) is 10.0. The molecule has 3 heteroatoms. The molecule has 0 saturated heterocycles. The van der Waals surface area contributed by atoms with Crippen LogP contribution in [0.2, 0.25) is 0 Å². The third-order valence-electron chi connectivity index (χ3n) is 4.36. The molecule has 0 aliphatic heterocycles. The Morgan fingerprint density at radius 3 is 1.78 bits per heavy atom. The van der Waals surface area contributed by atoms with Gasteiger partial charge in [-0.3, -0.25) is 4.79 Å². The second-order valence-electron chi connectivity index (χ2n) is 6.68. The average molecular weight is 329 g/mol. The highest BCUT2D eigenvalue weighted by Crippen LogP contribution is 2.14. The molecule has 0 amide bonds. The summed E-state index contributed by atoms with van der Waals surface area (Å²) >= 11 is 0. The number of carbonyl (C=O) groups excluding carboxylic acids is 1. The predicted molar refractivity (Wildman–Crippen MR) is 97.6 cm³/mol. The Balaban J connectivity index is 3.21. The number of hydrogen-bond donors (Lipinski definition) is 1. The number of ether oxygens (including phenoxy) is 1. The molecular weight excluding hydrogens is 288 g/mol. The molecule has 0 aromatic rings. The molecule has 0 heterocycles. The molecule has 3 nitrogen and oxygen atoms in total. The van der Waals surface area contributed by atoms with Gasteiger partial charge >= 0.3 is 5.97 Å².